The Bertz CT molecular complexity index is 1270. The summed E-state index contributed by atoms with van der Waals surface area (Å²) in [5.74, 6) is 1.86. The number of hydrogen-bond acceptors (Lipinski definition) is 9. The lowest BCUT2D eigenvalue weighted by atomic mass is 10.2. The number of methoxy groups -OCH3 is 3. The molecule has 164 valence electrons. The molecule has 0 fully saturated rings. The van der Waals surface area contributed by atoms with E-state index < -0.39 is 0 Å². The second-order valence-electron chi connectivity index (χ2n) is 6.58. The summed E-state index contributed by atoms with van der Waals surface area (Å²) in [6, 6.07) is 12.3. The van der Waals surface area contributed by atoms with Crippen molar-refractivity contribution < 1.29 is 19.0 Å². The van der Waals surface area contributed by atoms with Crippen LogP contribution in [-0.4, -0.2) is 51.6 Å². The third kappa shape index (κ3) is 4.10. The van der Waals surface area contributed by atoms with Crippen LogP contribution in [0.5, 0.6) is 17.2 Å². The quantitative estimate of drug-likeness (QED) is 0.454. The molecule has 0 aliphatic heterocycles. The molecule has 0 aliphatic carbocycles. The van der Waals surface area contributed by atoms with Crippen molar-refractivity contribution >= 4 is 22.6 Å². The van der Waals surface area contributed by atoms with Gasteiger partial charge in [0.25, 0.3) is 5.91 Å². The van der Waals surface area contributed by atoms with Crippen LogP contribution in [0.2, 0.25) is 0 Å². The first-order valence-electron chi connectivity index (χ1n) is 9.48. The van der Waals surface area contributed by atoms with Gasteiger partial charge in [0.05, 0.1) is 32.7 Å². The summed E-state index contributed by atoms with van der Waals surface area (Å²) < 4.78 is 21.8. The molecule has 0 unspecified atom stereocenters. The zero-order valence-electron chi connectivity index (χ0n) is 17.8. The van der Waals surface area contributed by atoms with E-state index in [1.165, 1.54) is 0 Å². The van der Waals surface area contributed by atoms with Gasteiger partial charge in [0.1, 0.15) is 5.75 Å². The van der Waals surface area contributed by atoms with Gasteiger partial charge >= 0.3 is 0 Å². The monoisotopic (exact) mass is 452 g/mol. The van der Waals surface area contributed by atoms with E-state index in [0.29, 0.717) is 39.5 Å². The average molecular weight is 452 g/mol. The zero-order valence-corrected chi connectivity index (χ0v) is 18.6. The molecule has 1 amide bonds. The van der Waals surface area contributed by atoms with Gasteiger partial charge in [-0.1, -0.05) is 11.3 Å². The van der Waals surface area contributed by atoms with E-state index in [1.54, 1.807) is 62.4 Å². The van der Waals surface area contributed by atoms with E-state index in [0.717, 1.165) is 22.9 Å². The van der Waals surface area contributed by atoms with Gasteiger partial charge in [-0.05, 0) is 37.3 Å². The van der Waals surface area contributed by atoms with Crippen molar-refractivity contribution in [1.82, 2.24) is 24.4 Å². The van der Waals surface area contributed by atoms with Crippen LogP contribution >= 0.6 is 11.5 Å². The van der Waals surface area contributed by atoms with Gasteiger partial charge in [0.15, 0.2) is 23.0 Å². The molecule has 0 saturated heterocycles. The predicted molar refractivity (Wildman–Crippen MR) is 119 cm³/mol. The van der Waals surface area contributed by atoms with Crippen molar-refractivity contribution in [3.05, 3.63) is 53.7 Å². The lowest BCUT2D eigenvalue weighted by molar-refractivity contribution is 0.102. The molecule has 2 heterocycles. The predicted octanol–water partition coefficient (Wildman–Crippen LogP) is 3.37. The first kappa shape index (κ1) is 21.2. The molecule has 0 atom stereocenters. The van der Waals surface area contributed by atoms with Gasteiger partial charge in [-0.25, -0.2) is 4.68 Å². The van der Waals surface area contributed by atoms with Crippen LogP contribution in [0, 0.1) is 6.92 Å². The minimum Gasteiger partial charge on any atom is -0.497 e. The standard InChI is InChI=1S/C21H20N6O4S/c1-12-18(24-26-27(12)14-8-9-16(30-3)17(11-14)31-4)19-22-21(32-25-19)23-20(28)13-6-5-7-15(10-13)29-2/h5-11H,1-4H3,(H,22,23,25,28). The van der Waals surface area contributed by atoms with Crippen LogP contribution in [-0.2, 0) is 0 Å². The second kappa shape index (κ2) is 9.02. The van der Waals surface area contributed by atoms with Crippen LogP contribution in [0.4, 0.5) is 5.13 Å². The van der Waals surface area contributed by atoms with Gasteiger partial charge < -0.3 is 14.2 Å². The summed E-state index contributed by atoms with van der Waals surface area (Å²) in [5, 5.41) is 11.6. The van der Waals surface area contributed by atoms with Gasteiger partial charge in [0.2, 0.25) is 5.13 Å². The molecule has 10 nitrogen and oxygen atoms in total. The van der Waals surface area contributed by atoms with Crippen molar-refractivity contribution in [3.8, 4) is 34.5 Å². The highest BCUT2D eigenvalue weighted by molar-refractivity contribution is 7.10. The highest BCUT2D eigenvalue weighted by atomic mass is 32.1. The van der Waals surface area contributed by atoms with Gasteiger partial charge in [0, 0.05) is 23.2 Å². The Kier molecular flexibility index (Phi) is 5.99. The molecule has 4 aromatic rings. The minimum atomic E-state index is -0.308. The fourth-order valence-corrected chi connectivity index (χ4v) is 3.61. The first-order valence-corrected chi connectivity index (χ1v) is 10.3. The Morgan fingerprint density at radius 3 is 2.59 bits per heavy atom. The van der Waals surface area contributed by atoms with Crippen molar-refractivity contribution in [2.45, 2.75) is 6.92 Å². The largest absolute Gasteiger partial charge is 0.497 e. The van der Waals surface area contributed by atoms with Crippen molar-refractivity contribution in [3.63, 3.8) is 0 Å². The van der Waals surface area contributed by atoms with Crippen LogP contribution in [0.25, 0.3) is 17.2 Å². The van der Waals surface area contributed by atoms with E-state index in [2.05, 4.69) is 25.0 Å². The third-order valence-corrected chi connectivity index (χ3v) is 5.33. The maximum absolute atomic E-state index is 12.5. The average Bonchev–Trinajstić information content (AvgIpc) is 3.44. The van der Waals surface area contributed by atoms with Crippen LogP contribution in [0.1, 0.15) is 16.1 Å². The summed E-state index contributed by atoms with van der Waals surface area (Å²) in [5.41, 5.74) is 2.45. The topological polar surface area (TPSA) is 113 Å². The number of amides is 1. The lowest BCUT2D eigenvalue weighted by Crippen LogP contribution is -2.11. The fraction of sp³-hybridized carbons (Fsp3) is 0.190. The van der Waals surface area contributed by atoms with Gasteiger partial charge in [-0.15, -0.1) is 5.10 Å². The maximum atomic E-state index is 12.5. The van der Waals surface area contributed by atoms with E-state index >= 15 is 0 Å². The molecule has 0 saturated carbocycles. The van der Waals surface area contributed by atoms with Gasteiger partial charge in [-0.2, -0.15) is 9.36 Å². The first-order chi connectivity index (χ1) is 15.5. The molecular weight excluding hydrogens is 432 g/mol. The Morgan fingerprint density at radius 2 is 1.84 bits per heavy atom. The lowest BCUT2D eigenvalue weighted by Gasteiger charge is -2.10. The van der Waals surface area contributed by atoms with E-state index in [4.69, 9.17) is 14.2 Å². The van der Waals surface area contributed by atoms with Crippen molar-refractivity contribution in [2.75, 3.05) is 26.6 Å². The van der Waals surface area contributed by atoms with Crippen LogP contribution in [0.3, 0.4) is 0 Å². The van der Waals surface area contributed by atoms with Crippen molar-refractivity contribution in [2.24, 2.45) is 0 Å². The summed E-state index contributed by atoms with van der Waals surface area (Å²) in [4.78, 5) is 16.9. The molecular formula is C21H20N6O4S. The SMILES string of the molecule is COc1cccc(C(=O)Nc2nc(-c3nnn(-c4ccc(OC)c(OC)c4)c3C)ns2)c1. The highest BCUT2D eigenvalue weighted by Crippen LogP contribution is 2.30. The summed E-state index contributed by atoms with van der Waals surface area (Å²) in [6.45, 7) is 1.86. The normalized spacial score (nSPS) is 10.6. The number of rotatable bonds is 7. The third-order valence-electron chi connectivity index (χ3n) is 4.70. The minimum absolute atomic E-state index is 0.308. The molecule has 2 aromatic carbocycles. The molecule has 0 aliphatic rings. The number of nitrogens with zero attached hydrogens (tertiary/aromatic N) is 5. The molecule has 0 bridgehead atoms. The molecule has 4 rings (SSSR count). The second-order valence-corrected chi connectivity index (χ2v) is 7.34. The molecule has 1 N–H and O–H groups in total. The fourth-order valence-electron chi connectivity index (χ4n) is 3.04. The molecule has 32 heavy (non-hydrogen) atoms. The molecule has 0 radical (unpaired) electrons. The van der Waals surface area contributed by atoms with E-state index in [1.807, 2.05) is 13.0 Å². The Labute approximate surface area is 187 Å². The van der Waals surface area contributed by atoms with Crippen LogP contribution in [0.15, 0.2) is 42.5 Å². The van der Waals surface area contributed by atoms with E-state index in [9.17, 15) is 4.79 Å². The summed E-state index contributed by atoms with van der Waals surface area (Å²) in [7, 11) is 4.70. The van der Waals surface area contributed by atoms with E-state index in [-0.39, 0.29) is 5.91 Å². The number of ether oxygens (including phenoxy) is 3. The Balaban J connectivity index is 1.56. The number of benzene rings is 2. The number of hydrogen-bond donors (Lipinski definition) is 1. The molecule has 2 aromatic heterocycles. The highest BCUT2D eigenvalue weighted by Gasteiger charge is 2.19. The number of anilines is 1. The van der Waals surface area contributed by atoms with Crippen molar-refractivity contribution in [1.29, 1.82) is 0 Å². The van der Waals surface area contributed by atoms with Gasteiger partial charge in [-0.3, -0.25) is 10.1 Å². The number of carbonyl (C=O) groups excluding carboxylic acids is 1. The Morgan fingerprint density at radius 1 is 1.03 bits per heavy atom. The number of aromatic nitrogens is 5. The smallest absolute Gasteiger partial charge is 0.257 e. The summed E-state index contributed by atoms with van der Waals surface area (Å²) in [6.07, 6.45) is 0. The molecule has 0 spiro atoms. The van der Waals surface area contributed by atoms with Crippen LogP contribution < -0.4 is 19.5 Å². The summed E-state index contributed by atoms with van der Waals surface area (Å²) >= 11 is 1.06. The molecule has 11 heteroatoms. The maximum Gasteiger partial charge on any atom is 0.257 e. The number of nitrogens with one attached hydrogen (secondary N) is 1. The number of carbonyl (C=O) groups is 1. The zero-order chi connectivity index (χ0) is 22.7. The Hall–Kier alpha value is -3.99.